The molecule has 0 fully saturated rings. The van der Waals surface area contributed by atoms with Crippen molar-refractivity contribution in [1.29, 1.82) is 0 Å². The number of hydrogen-bond donors (Lipinski definition) is 1. The Morgan fingerprint density at radius 1 is 1.30 bits per heavy atom. The standard InChI is InChI=1S/C19H16N4O3S/c1-12-4-2-3-5-15(12)23-11-20-22-19(23)27-10-16(24)13-6-7-17-14(8-13)21-18(25)9-26-17/h2-8,11H,9-10H2,1H3,(H,21,25). The summed E-state index contributed by atoms with van der Waals surface area (Å²) < 4.78 is 7.18. The minimum atomic E-state index is -0.229. The van der Waals surface area contributed by atoms with E-state index in [0.717, 1.165) is 11.3 Å². The molecule has 0 atom stereocenters. The van der Waals surface area contributed by atoms with E-state index in [1.807, 2.05) is 35.8 Å². The molecule has 2 aromatic carbocycles. The third kappa shape index (κ3) is 3.56. The van der Waals surface area contributed by atoms with Crippen LogP contribution in [0.4, 0.5) is 5.69 Å². The quantitative estimate of drug-likeness (QED) is 0.541. The van der Waals surface area contributed by atoms with Crippen molar-refractivity contribution in [3.63, 3.8) is 0 Å². The van der Waals surface area contributed by atoms with Crippen molar-refractivity contribution in [2.45, 2.75) is 12.1 Å². The molecule has 8 heteroatoms. The third-order valence-corrected chi connectivity index (χ3v) is 5.10. The molecule has 27 heavy (non-hydrogen) atoms. The number of carbonyl (C=O) groups is 2. The largest absolute Gasteiger partial charge is 0.482 e. The van der Waals surface area contributed by atoms with E-state index < -0.39 is 0 Å². The molecular formula is C19H16N4O3S. The normalized spacial score (nSPS) is 12.9. The molecule has 1 N–H and O–H groups in total. The van der Waals surface area contributed by atoms with Gasteiger partial charge in [-0.2, -0.15) is 0 Å². The number of para-hydroxylation sites is 1. The monoisotopic (exact) mass is 380 g/mol. The van der Waals surface area contributed by atoms with Crippen LogP contribution in [0.2, 0.25) is 0 Å². The number of amides is 1. The second kappa shape index (κ2) is 7.24. The average molecular weight is 380 g/mol. The molecule has 136 valence electrons. The number of nitrogens with one attached hydrogen (secondary N) is 1. The van der Waals surface area contributed by atoms with E-state index in [2.05, 4.69) is 15.5 Å². The fourth-order valence-electron chi connectivity index (χ4n) is 2.79. The first-order chi connectivity index (χ1) is 13.1. The number of Topliss-reactive ketones (excluding diaryl/α,β-unsaturated/α-hetero) is 1. The zero-order chi connectivity index (χ0) is 18.8. The lowest BCUT2D eigenvalue weighted by molar-refractivity contribution is -0.118. The Balaban J connectivity index is 1.50. The van der Waals surface area contributed by atoms with Gasteiger partial charge >= 0.3 is 0 Å². The summed E-state index contributed by atoms with van der Waals surface area (Å²) in [5.74, 6) is 0.478. The van der Waals surface area contributed by atoms with Crippen molar-refractivity contribution in [2.75, 3.05) is 17.7 Å². The van der Waals surface area contributed by atoms with Crippen LogP contribution in [-0.2, 0) is 4.79 Å². The number of anilines is 1. The number of rotatable bonds is 5. The molecule has 3 aromatic rings. The van der Waals surface area contributed by atoms with Gasteiger partial charge in [-0.25, -0.2) is 0 Å². The molecule has 0 aliphatic carbocycles. The van der Waals surface area contributed by atoms with Gasteiger partial charge in [0.1, 0.15) is 12.1 Å². The summed E-state index contributed by atoms with van der Waals surface area (Å²) >= 11 is 1.32. The Hall–Kier alpha value is -3.13. The van der Waals surface area contributed by atoms with Crippen molar-refractivity contribution in [2.24, 2.45) is 0 Å². The Kier molecular flexibility index (Phi) is 4.64. The van der Waals surface area contributed by atoms with Crippen LogP contribution in [0.25, 0.3) is 5.69 Å². The summed E-state index contributed by atoms with van der Waals surface area (Å²) in [5, 5.41) is 11.5. The molecule has 0 saturated carbocycles. The van der Waals surface area contributed by atoms with Gasteiger partial charge in [0.2, 0.25) is 0 Å². The zero-order valence-electron chi connectivity index (χ0n) is 14.5. The number of ketones is 1. The highest BCUT2D eigenvalue weighted by atomic mass is 32.2. The van der Waals surface area contributed by atoms with Crippen LogP contribution in [0.5, 0.6) is 5.75 Å². The molecule has 4 rings (SSSR count). The van der Waals surface area contributed by atoms with Gasteiger partial charge in [-0.1, -0.05) is 30.0 Å². The van der Waals surface area contributed by atoms with E-state index >= 15 is 0 Å². The third-order valence-electron chi connectivity index (χ3n) is 4.16. The van der Waals surface area contributed by atoms with E-state index in [9.17, 15) is 9.59 Å². The van der Waals surface area contributed by atoms with Gasteiger partial charge in [0.25, 0.3) is 5.91 Å². The number of benzene rings is 2. The molecule has 0 bridgehead atoms. The molecule has 1 aliphatic rings. The summed E-state index contributed by atoms with van der Waals surface area (Å²) in [7, 11) is 0. The van der Waals surface area contributed by atoms with Crippen LogP contribution < -0.4 is 10.1 Å². The number of carbonyl (C=O) groups excluding carboxylic acids is 2. The molecular weight excluding hydrogens is 364 g/mol. The van der Waals surface area contributed by atoms with Gasteiger partial charge in [0.15, 0.2) is 17.5 Å². The summed E-state index contributed by atoms with van der Waals surface area (Å²) in [4.78, 5) is 24.0. The number of hydrogen-bond acceptors (Lipinski definition) is 6. The average Bonchev–Trinajstić information content (AvgIpc) is 3.14. The highest BCUT2D eigenvalue weighted by Gasteiger charge is 2.18. The Morgan fingerprint density at radius 3 is 3.00 bits per heavy atom. The van der Waals surface area contributed by atoms with Gasteiger partial charge in [-0.15, -0.1) is 10.2 Å². The predicted octanol–water partition coefficient (Wildman–Crippen LogP) is 2.88. The summed E-state index contributed by atoms with van der Waals surface area (Å²) in [6, 6.07) is 13.0. The molecule has 0 spiro atoms. The van der Waals surface area contributed by atoms with E-state index in [4.69, 9.17) is 4.74 Å². The second-order valence-corrected chi connectivity index (χ2v) is 6.97. The summed E-state index contributed by atoms with van der Waals surface area (Å²) in [6.45, 7) is 2.00. The van der Waals surface area contributed by atoms with E-state index in [0.29, 0.717) is 22.2 Å². The fraction of sp³-hybridized carbons (Fsp3) is 0.158. The lowest BCUT2D eigenvalue weighted by Crippen LogP contribution is -2.25. The van der Waals surface area contributed by atoms with Gasteiger partial charge in [0.05, 0.1) is 17.1 Å². The first-order valence-electron chi connectivity index (χ1n) is 8.30. The molecule has 1 aromatic heterocycles. The maximum atomic E-state index is 12.6. The Labute approximate surface area is 159 Å². The topological polar surface area (TPSA) is 86.1 Å². The molecule has 0 saturated heterocycles. The van der Waals surface area contributed by atoms with Crippen molar-refractivity contribution in [1.82, 2.24) is 14.8 Å². The van der Waals surface area contributed by atoms with Crippen LogP contribution >= 0.6 is 11.8 Å². The highest BCUT2D eigenvalue weighted by Crippen LogP contribution is 2.29. The van der Waals surface area contributed by atoms with E-state index in [1.54, 1.807) is 24.5 Å². The van der Waals surface area contributed by atoms with Crippen LogP contribution in [0.1, 0.15) is 15.9 Å². The number of nitrogens with zero attached hydrogens (tertiary/aromatic N) is 3. The zero-order valence-corrected chi connectivity index (χ0v) is 15.3. The number of thioether (sulfide) groups is 1. The van der Waals surface area contributed by atoms with E-state index in [1.165, 1.54) is 11.8 Å². The van der Waals surface area contributed by atoms with Crippen molar-refractivity contribution in [3.8, 4) is 11.4 Å². The second-order valence-electron chi connectivity index (χ2n) is 6.03. The van der Waals surface area contributed by atoms with Gasteiger partial charge in [-0.3, -0.25) is 14.2 Å². The van der Waals surface area contributed by atoms with Crippen LogP contribution in [-0.4, -0.2) is 38.8 Å². The maximum Gasteiger partial charge on any atom is 0.262 e. The minimum absolute atomic E-state index is 0.00922. The molecule has 0 unspecified atom stereocenters. The van der Waals surface area contributed by atoms with Crippen molar-refractivity contribution in [3.05, 3.63) is 59.9 Å². The van der Waals surface area contributed by atoms with Crippen LogP contribution in [0.3, 0.4) is 0 Å². The van der Waals surface area contributed by atoms with Crippen LogP contribution in [0.15, 0.2) is 53.9 Å². The fourth-order valence-corrected chi connectivity index (χ4v) is 3.61. The lowest BCUT2D eigenvalue weighted by atomic mass is 10.1. The van der Waals surface area contributed by atoms with Crippen LogP contribution in [0, 0.1) is 6.92 Å². The SMILES string of the molecule is Cc1ccccc1-n1cnnc1SCC(=O)c1ccc2c(c1)NC(=O)CO2. The first kappa shape index (κ1) is 17.3. The number of aromatic nitrogens is 3. The van der Waals surface area contributed by atoms with E-state index in [-0.39, 0.29) is 24.1 Å². The number of ether oxygens (including phenoxy) is 1. The molecule has 1 amide bonds. The lowest BCUT2D eigenvalue weighted by Gasteiger charge is -2.18. The Bertz CT molecular complexity index is 1030. The minimum Gasteiger partial charge on any atom is -0.482 e. The summed E-state index contributed by atoms with van der Waals surface area (Å²) in [5.41, 5.74) is 3.10. The van der Waals surface area contributed by atoms with Gasteiger partial charge < -0.3 is 10.1 Å². The first-order valence-corrected chi connectivity index (χ1v) is 9.29. The number of fused-ring (bicyclic) bond motifs is 1. The molecule has 0 radical (unpaired) electrons. The van der Waals surface area contributed by atoms with Crippen molar-refractivity contribution >= 4 is 29.1 Å². The van der Waals surface area contributed by atoms with Gasteiger partial charge in [-0.05, 0) is 36.8 Å². The van der Waals surface area contributed by atoms with Crippen molar-refractivity contribution < 1.29 is 14.3 Å². The highest BCUT2D eigenvalue weighted by molar-refractivity contribution is 7.99. The maximum absolute atomic E-state index is 12.6. The number of aryl methyl sites for hydroxylation is 1. The molecule has 2 heterocycles. The van der Waals surface area contributed by atoms with Gasteiger partial charge in [0, 0.05) is 5.56 Å². The Morgan fingerprint density at radius 2 is 2.15 bits per heavy atom. The molecule has 7 nitrogen and oxygen atoms in total. The molecule has 1 aliphatic heterocycles. The summed E-state index contributed by atoms with van der Waals surface area (Å²) in [6.07, 6.45) is 1.64. The predicted molar refractivity (Wildman–Crippen MR) is 102 cm³/mol. The smallest absolute Gasteiger partial charge is 0.262 e.